The van der Waals surface area contributed by atoms with E-state index in [1.807, 2.05) is 12.1 Å². The number of hydrogen-bond donors (Lipinski definition) is 1. The normalized spacial score (nSPS) is 11.6. The highest BCUT2D eigenvalue weighted by Gasteiger charge is 2.18. The molecule has 1 aromatic carbocycles. The number of rotatable bonds is 5. The number of anilines is 1. The van der Waals surface area contributed by atoms with E-state index in [4.69, 9.17) is 11.6 Å². The lowest BCUT2D eigenvalue weighted by molar-refractivity contribution is 0.602. The molecular formula is C14H11BrClN3O2S2. The highest BCUT2D eigenvalue weighted by molar-refractivity contribution is 9.10. The fraction of sp³-hybridized carbons (Fsp3) is 0.0714. The molecule has 0 bridgehead atoms. The first-order chi connectivity index (χ1) is 10.9. The largest absolute Gasteiger partial charge is 0.272 e. The summed E-state index contributed by atoms with van der Waals surface area (Å²) in [6.07, 6.45) is 1.72. The van der Waals surface area contributed by atoms with Crippen LogP contribution in [0.4, 0.5) is 5.82 Å². The van der Waals surface area contributed by atoms with E-state index in [1.165, 1.54) is 0 Å². The van der Waals surface area contributed by atoms with Crippen molar-refractivity contribution >= 4 is 54.7 Å². The third kappa shape index (κ3) is 3.95. The molecule has 0 amide bonds. The lowest BCUT2D eigenvalue weighted by atomic mass is 10.2. The number of nitrogens with zero attached hydrogens (tertiary/aromatic N) is 2. The van der Waals surface area contributed by atoms with Crippen molar-refractivity contribution in [2.75, 3.05) is 4.72 Å². The molecule has 23 heavy (non-hydrogen) atoms. The van der Waals surface area contributed by atoms with Crippen molar-refractivity contribution in [1.82, 2.24) is 9.78 Å². The van der Waals surface area contributed by atoms with Crippen LogP contribution in [0.15, 0.2) is 56.7 Å². The molecule has 0 aliphatic rings. The van der Waals surface area contributed by atoms with Gasteiger partial charge in [0.15, 0.2) is 5.82 Å². The number of halogens is 2. The molecule has 5 nitrogen and oxygen atoms in total. The molecule has 9 heteroatoms. The van der Waals surface area contributed by atoms with Crippen molar-refractivity contribution in [2.45, 2.75) is 10.8 Å². The zero-order valence-corrected chi connectivity index (χ0v) is 15.6. The van der Waals surface area contributed by atoms with Gasteiger partial charge < -0.3 is 0 Å². The van der Waals surface area contributed by atoms with Crippen LogP contribution in [0.3, 0.4) is 0 Å². The summed E-state index contributed by atoms with van der Waals surface area (Å²) < 4.78 is 29.4. The molecule has 0 atom stereocenters. The highest BCUT2D eigenvalue weighted by atomic mass is 79.9. The second-order valence-corrected chi connectivity index (χ2v) is 8.83. The van der Waals surface area contributed by atoms with E-state index in [0.29, 0.717) is 16.0 Å². The van der Waals surface area contributed by atoms with Gasteiger partial charge in [-0.1, -0.05) is 29.8 Å². The molecule has 3 rings (SSSR count). The van der Waals surface area contributed by atoms with Gasteiger partial charge in [-0.25, -0.2) is 8.42 Å². The van der Waals surface area contributed by atoms with E-state index in [2.05, 4.69) is 25.8 Å². The zero-order chi connectivity index (χ0) is 16.4. The Morgan fingerprint density at radius 1 is 1.26 bits per heavy atom. The molecule has 2 aromatic heterocycles. The van der Waals surface area contributed by atoms with Crippen LogP contribution in [0, 0.1) is 0 Å². The van der Waals surface area contributed by atoms with E-state index < -0.39 is 10.0 Å². The minimum Gasteiger partial charge on any atom is -0.265 e. The van der Waals surface area contributed by atoms with Crippen molar-refractivity contribution in [3.05, 3.63) is 63.0 Å². The van der Waals surface area contributed by atoms with Crippen molar-refractivity contribution in [1.29, 1.82) is 0 Å². The van der Waals surface area contributed by atoms with Gasteiger partial charge in [-0.05, 0) is 45.1 Å². The van der Waals surface area contributed by atoms with Crippen LogP contribution < -0.4 is 4.72 Å². The average molecular weight is 433 g/mol. The number of hydrogen-bond acceptors (Lipinski definition) is 4. The Hall–Kier alpha value is -1.35. The van der Waals surface area contributed by atoms with Gasteiger partial charge in [-0.2, -0.15) is 5.10 Å². The predicted molar refractivity (Wildman–Crippen MR) is 95.6 cm³/mol. The van der Waals surface area contributed by atoms with Gasteiger partial charge in [0.25, 0.3) is 10.0 Å². The smallest absolute Gasteiger partial charge is 0.265 e. The maximum absolute atomic E-state index is 12.2. The van der Waals surface area contributed by atoms with Crippen LogP contribution in [-0.2, 0) is 16.6 Å². The Bertz CT molecular complexity index is 906. The molecule has 0 saturated carbocycles. The standard InChI is InChI=1S/C14H11BrClN3O2S2/c15-12-9-19(8-10-3-5-11(16)6-4-10)17-14(12)18-23(20,21)13-2-1-7-22-13/h1-7,9H,8H2,(H,17,18). The molecule has 0 fully saturated rings. The first-order valence-corrected chi connectivity index (χ1v) is 10.0. The Kier molecular flexibility index (Phi) is 4.77. The van der Waals surface area contributed by atoms with E-state index in [-0.39, 0.29) is 10.0 Å². The summed E-state index contributed by atoms with van der Waals surface area (Å²) in [4.78, 5) is 0. The summed E-state index contributed by atoms with van der Waals surface area (Å²) in [6.45, 7) is 0.510. The molecule has 2 heterocycles. The van der Waals surface area contributed by atoms with E-state index in [9.17, 15) is 8.42 Å². The van der Waals surface area contributed by atoms with Crippen molar-refractivity contribution in [2.24, 2.45) is 0 Å². The van der Waals surface area contributed by atoms with Gasteiger partial charge in [0.05, 0.1) is 11.0 Å². The Morgan fingerprint density at radius 3 is 2.65 bits per heavy atom. The van der Waals surface area contributed by atoms with Crippen LogP contribution in [-0.4, -0.2) is 18.2 Å². The third-order valence-electron chi connectivity index (χ3n) is 2.97. The topological polar surface area (TPSA) is 64.0 Å². The molecule has 0 unspecified atom stereocenters. The molecule has 3 aromatic rings. The molecular weight excluding hydrogens is 422 g/mol. The summed E-state index contributed by atoms with van der Waals surface area (Å²) in [5.74, 6) is 0.257. The number of aromatic nitrogens is 2. The number of thiophene rings is 1. The van der Waals surface area contributed by atoms with E-state index in [0.717, 1.165) is 16.9 Å². The number of nitrogens with one attached hydrogen (secondary N) is 1. The minimum absolute atomic E-state index is 0.247. The summed E-state index contributed by atoms with van der Waals surface area (Å²) in [7, 11) is -3.61. The van der Waals surface area contributed by atoms with Crippen LogP contribution in [0.5, 0.6) is 0 Å². The Labute approximate surface area is 151 Å². The fourth-order valence-corrected chi connectivity index (χ4v) is 4.60. The SMILES string of the molecule is O=S(=O)(Nc1nn(Cc2ccc(Cl)cc2)cc1Br)c1cccs1. The molecule has 0 aliphatic carbocycles. The van der Waals surface area contributed by atoms with Crippen molar-refractivity contribution in [3.63, 3.8) is 0 Å². The second-order valence-electron chi connectivity index (χ2n) is 4.69. The second kappa shape index (κ2) is 6.64. The number of sulfonamides is 1. The molecule has 120 valence electrons. The lowest BCUT2D eigenvalue weighted by Gasteiger charge is -2.04. The van der Waals surface area contributed by atoms with Crippen LogP contribution in [0.25, 0.3) is 0 Å². The predicted octanol–water partition coefficient (Wildman–Crippen LogP) is 4.21. The minimum atomic E-state index is -3.61. The van der Waals surface area contributed by atoms with Crippen molar-refractivity contribution in [3.8, 4) is 0 Å². The molecule has 0 radical (unpaired) electrons. The van der Waals surface area contributed by atoms with Gasteiger partial charge >= 0.3 is 0 Å². The van der Waals surface area contributed by atoms with E-state index in [1.54, 1.807) is 40.5 Å². The summed E-state index contributed by atoms with van der Waals surface area (Å²) >= 11 is 10.3. The first-order valence-electron chi connectivity index (χ1n) is 6.48. The van der Waals surface area contributed by atoms with Crippen LogP contribution in [0.1, 0.15) is 5.56 Å². The Balaban J connectivity index is 1.80. The summed E-state index contributed by atoms with van der Waals surface area (Å²) in [5.41, 5.74) is 1.01. The van der Waals surface area contributed by atoms with Crippen molar-refractivity contribution < 1.29 is 8.42 Å². The average Bonchev–Trinajstić information content (AvgIpc) is 3.13. The zero-order valence-electron chi connectivity index (χ0n) is 11.6. The molecule has 0 saturated heterocycles. The van der Waals surface area contributed by atoms with Gasteiger partial charge in [0.1, 0.15) is 4.21 Å². The van der Waals surface area contributed by atoms with Gasteiger partial charge in [0, 0.05) is 11.2 Å². The number of benzene rings is 1. The summed E-state index contributed by atoms with van der Waals surface area (Å²) in [5, 5.41) is 6.65. The van der Waals surface area contributed by atoms with Gasteiger partial charge in [-0.15, -0.1) is 11.3 Å². The molecule has 0 aliphatic heterocycles. The van der Waals surface area contributed by atoms with Crippen LogP contribution >= 0.6 is 38.9 Å². The molecule has 1 N–H and O–H groups in total. The van der Waals surface area contributed by atoms with E-state index >= 15 is 0 Å². The quantitative estimate of drug-likeness (QED) is 0.657. The van der Waals surface area contributed by atoms with Crippen LogP contribution in [0.2, 0.25) is 5.02 Å². The van der Waals surface area contributed by atoms with Gasteiger partial charge in [-0.3, -0.25) is 9.40 Å². The first kappa shape index (κ1) is 16.5. The van der Waals surface area contributed by atoms with Gasteiger partial charge in [0.2, 0.25) is 0 Å². The third-order valence-corrected chi connectivity index (χ3v) is 6.53. The monoisotopic (exact) mass is 431 g/mol. The maximum atomic E-state index is 12.2. The maximum Gasteiger partial charge on any atom is 0.272 e. The molecule has 0 spiro atoms. The summed E-state index contributed by atoms with van der Waals surface area (Å²) in [6, 6.07) is 10.6. The highest BCUT2D eigenvalue weighted by Crippen LogP contribution is 2.25. The lowest BCUT2D eigenvalue weighted by Crippen LogP contribution is -2.12. The fourth-order valence-electron chi connectivity index (χ4n) is 1.92. The Morgan fingerprint density at radius 2 is 2.00 bits per heavy atom.